The van der Waals surface area contributed by atoms with Gasteiger partial charge < -0.3 is 4.40 Å². The van der Waals surface area contributed by atoms with Gasteiger partial charge in [-0.3, -0.25) is 0 Å². The topological polar surface area (TPSA) is 17.3 Å². The Labute approximate surface area is 97.1 Å². The van der Waals surface area contributed by atoms with E-state index in [1.54, 1.807) is 13.1 Å². The van der Waals surface area contributed by atoms with Gasteiger partial charge in [0.2, 0.25) is 0 Å². The van der Waals surface area contributed by atoms with Gasteiger partial charge in [0.1, 0.15) is 5.65 Å². The minimum atomic E-state index is -4.37. The number of fused-ring (bicyclic) bond motifs is 1. The summed E-state index contributed by atoms with van der Waals surface area (Å²) < 4.78 is 39.9. The number of alkyl halides is 3. The molecule has 2 nitrogen and oxygen atoms in total. The van der Waals surface area contributed by atoms with E-state index in [-0.39, 0.29) is 11.6 Å². The van der Waals surface area contributed by atoms with Crippen LogP contribution in [0.2, 0.25) is 0 Å². The summed E-state index contributed by atoms with van der Waals surface area (Å²) in [7, 11) is 0. The predicted molar refractivity (Wildman–Crippen MR) is 59.0 cm³/mol. The first kappa shape index (κ1) is 12.0. The van der Waals surface area contributed by atoms with Gasteiger partial charge in [0.05, 0.1) is 11.3 Å². The molecule has 0 aliphatic carbocycles. The number of aryl methyl sites for hydroxylation is 1. The van der Waals surface area contributed by atoms with Crippen molar-refractivity contribution in [3.05, 3.63) is 35.3 Å². The van der Waals surface area contributed by atoms with Gasteiger partial charge >= 0.3 is 6.18 Å². The average molecular weight is 242 g/mol. The Kier molecular flexibility index (Phi) is 2.64. The number of aromatic nitrogens is 2. The standard InChI is InChI=1S/C12H13F3N2/c1-7(2)10-8(3)17-6-4-5-9(11(17)16-10)12(13,14)15/h4-7H,1-3H3. The second kappa shape index (κ2) is 3.75. The lowest BCUT2D eigenvalue weighted by molar-refractivity contribution is -0.136. The fourth-order valence-electron chi connectivity index (χ4n) is 1.97. The molecule has 0 spiro atoms. The van der Waals surface area contributed by atoms with Gasteiger partial charge in [-0.15, -0.1) is 0 Å². The highest BCUT2D eigenvalue weighted by Gasteiger charge is 2.34. The summed E-state index contributed by atoms with van der Waals surface area (Å²) in [6, 6.07) is 2.46. The molecular formula is C12H13F3N2. The first-order chi connectivity index (χ1) is 7.82. The van der Waals surface area contributed by atoms with Crippen LogP contribution < -0.4 is 0 Å². The van der Waals surface area contributed by atoms with Crippen molar-refractivity contribution in [3.8, 4) is 0 Å². The van der Waals surface area contributed by atoms with Crippen molar-refractivity contribution in [2.45, 2.75) is 32.9 Å². The van der Waals surface area contributed by atoms with E-state index < -0.39 is 11.7 Å². The molecule has 0 bridgehead atoms. The zero-order valence-corrected chi connectivity index (χ0v) is 9.84. The summed E-state index contributed by atoms with van der Waals surface area (Å²) in [6.45, 7) is 5.62. The van der Waals surface area contributed by atoms with E-state index in [0.29, 0.717) is 5.69 Å². The lowest BCUT2D eigenvalue weighted by atomic mass is 10.1. The monoisotopic (exact) mass is 242 g/mol. The molecule has 0 radical (unpaired) electrons. The van der Waals surface area contributed by atoms with Gasteiger partial charge in [0.15, 0.2) is 0 Å². The molecule has 17 heavy (non-hydrogen) atoms. The highest BCUT2D eigenvalue weighted by atomic mass is 19.4. The average Bonchev–Trinajstić information content (AvgIpc) is 2.55. The van der Waals surface area contributed by atoms with E-state index in [1.165, 1.54) is 10.5 Å². The first-order valence-corrected chi connectivity index (χ1v) is 5.37. The highest BCUT2D eigenvalue weighted by molar-refractivity contribution is 5.52. The maximum Gasteiger partial charge on any atom is 0.419 e. The van der Waals surface area contributed by atoms with Crippen molar-refractivity contribution in [1.29, 1.82) is 0 Å². The van der Waals surface area contributed by atoms with Crippen molar-refractivity contribution in [3.63, 3.8) is 0 Å². The molecule has 0 unspecified atom stereocenters. The van der Waals surface area contributed by atoms with E-state index in [2.05, 4.69) is 4.98 Å². The Morgan fingerprint density at radius 3 is 2.47 bits per heavy atom. The van der Waals surface area contributed by atoms with Gasteiger partial charge in [-0.25, -0.2) is 4.98 Å². The third-order valence-electron chi connectivity index (χ3n) is 2.78. The molecule has 0 aromatic carbocycles. The minimum absolute atomic E-state index is 0.0128. The first-order valence-electron chi connectivity index (χ1n) is 5.37. The summed E-state index contributed by atoms with van der Waals surface area (Å²) in [5.74, 6) is 0.107. The fourth-order valence-corrected chi connectivity index (χ4v) is 1.97. The van der Waals surface area contributed by atoms with Crippen LogP contribution in [-0.2, 0) is 6.18 Å². The molecule has 2 heterocycles. The molecular weight excluding hydrogens is 229 g/mol. The van der Waals surface area contributed by atoms with E-state index in [1.807, 2.05) is 13.8 Å². The summed E-state index contributed by atoms with van der Waals surface area (Å²) >= 11 is 0. The van der Waals surface area contributed by atoms with Crippen LogP contribution in [0.1, 0.15) is 36.7 Å². The number of rotatable bonds is 1. The number of pyridine rings is 1. The number of halogens is 3. The van der Waals surface area contributed by atoms with E-state index in [9.17, 15) is 13.2 Å². The van der Waals surface area contributed by atoms with Crippen LogP contribution >= 0.6 is 0 Å². The van der Waals surface area contributed by atoms with Crippen molar-refractivity contribution < 1.29 is 13.2 Å². The number of hydrogen-bond donors (Lipinski definition) is 0. The second-order valence-corrected chi connectivity index (χ2v) is 4.35. The van der Waals surface area contributed by atoms with Crippen LogP contribution in [0, 0.1) is 6.92 Å². The Bertz CT molecular complexity index is 553. The molecule has 0 saturated heterocycles. The van der Waals surface area contributed by atoms with Gasteiger partial charge in [0.25, 0.3) is 0 Å². The zero-order valence-electron chi connectivity index (χ0n) is 9.84. The SMILES string of the molecule is Cc1c(C(C)C)nc2c(C(F)(F)F)cccn12. The van der Waals surface area contributed by atoms with Crippen molar-refractivity contribution in [1.82, 2.24) is 9.38 Å². The quantitative estimate of drug-likeness (QED) is 0.743. The molecule has 2 rings (SSSR count). The Hall–Kier alpha value is -1.52. The van der Waals surface area contributed by atoms with Crippen molar-refractivity contribution in [2.24, 2.45) is 0 Å². The highest BCUT2D eigenvalue weighted by Crippen LogP contribution is 2.33. The Morgan fingerprint density at radius 1 is 1.29 bits per heavy atom. The lowest BCUT2D eigenvalue weighted by Gasteiger charge is -2.07. The third-order valence-corrected chi connectivity index (χ3v) is 2.78. The molecule has 5 heteroatoms. The fraction of sp³-hybridized carbons (Fsp3) is 0.417. The summed E-state index contributed by atoms with van der Waals surface area (Å²) in [4.78, 5) is 4.12. The molecule has 2 aromatic heterocycles. The molecule has 0 fully saturated rings. The third kappa shape index (κ3) is 1.90. The summed E-state index contributed by atoms with van der Waals surface area (Å²) in [6.07, 6.45) is -2.76. The van der Waals surface area contributed by atoms with Crippen LogP contribution in [-0.4, -0.2) is 9.38 Å². The van der Waals surface area contributed by atoms with E-state index >= 15 is 0 Å². The second-order valence-electron chi connectivity index (χ2n) is 4.35. The zero-order chi connectivity index (χ0) is 12.8. The molecule has 0 saturated carbocycles. The van der Waals surface area contributed by atoms with Crippen molar-refractivity contribution in [2.75, 3.05) is 0 Å². The number of nitrogens with zero attached hydrogens (tertiary/aromatic N) is 2. The Balaban J connectivity index is 2.78. The van der Waals surface area contributed by atoms with Gasteiger partial charge in [-0.2, -0.15) is 13.2 Å². The molecule has 0 aliphatic rings. The van der Waals surface area contributed by atoms with Gasteiger partial charge in [0, 0.05) is 11.9 Å². The molecule has 0 atom stereocenters. The van der Waals surface area contributed by atoms with E-state index in [0.717, 1.165) is 11.8 Å². The molecule has 0 amide bonds. The minimum Gasteiger partial charge on any atom is -0.304 e. The number of imidazole rings is 1. The van der Waals surface area contributed by atoms with Crippen molar-refractivity contribution >= 4 is 5.65 Å². The van der Waals surface area contributed by atoms with Crippen LogP contribution in [0.4, 0.5) is 13.2 Å². The van der Waals surface area contributed by atoms with Gasteiger partial charge in [-0.05, 0) is 25.0 Å². The number of hydrogen-bond acceptors (Lipinski definition) is 1. The van der Waals surface area contributed by atoms with E-state index in [4.69, 9.17) is 0 Å². The normalized spacial score (nSPS) is 12.6. The maximum atomic E-state index is 12.8. The van der Waals surface area contributed by atoms with Crippen LogP contribution in [0.25, 0.3) is 5.65 Å². The summed E-state index contributed by atoms with van der Waals surface area (Å²) in [5, 5.41) is 0. The molecule has 0 N–H and O–H groups in total. The largest absolute Gasteiger partial charge is 0.419 e. The summed E-state index contributed by atoms with van der Waals surface area (Å²) in [5.41, 5.74) is 0.777. The van der Waals surface area contributed by atoms with Crippen LogP contribution in [0.3, 0.4) is 0 Å². The van der Waals surface area contributed by atoms with Crippen LogP contribution in [0.15, 0.2) is 18.3 Å². The smallest absolute Gasteiger partial charge is 0.304 e. The lowest BCUT2D eigenvalue weighted by Crippen LogP contribution is -2.07. The molecule has 92 valence electrons. The Morgan fingerprint density at radius 2 is 1.94 bits per heavy atom. The molecule has 2 aromatic rings. The maximum absolute atomic E-state index is 12.8. The molecule has 0 aliphatic heterocycles. The van der Waals surface area contributed by atoms with Crippen LogP contribution in [0.5, 0.6) is 0 Å². The van der Waals surface area contributed by atoms with Gasteiger partial charge in [-0.1, -0.05) is 13.8 Å². The predicted octanol–water partition coefficient (Wildman–Crippen LogP) is 3.78.